The molecular formula is C18H21F2N5O. The van der Waals surface area contributed by atoms with Gasteiger partial charge in [-0.2, -0.15) is 0 Å². The van der Waals surface area contributed by atoms with E-state index in [1.165, 1.54) is 12.4 Å². The number of anilines is 1. The molecule has 2 fully saturated rings. The summed E-state index contributed by atoms with van der Waals surface area (Å²) < 4.78 is 27.1. The summed E-state index contributed by atoms with van der Waals surface area (Å²) in [7, 11) is 0. The molecule has 2 aromatic rings. The third-order valence-electron chi connectivity index (χ3n) is 5.38. The van der Waals surface area contributed by atoms with Crippen LogP contribution < -0.4 is 5.32 Å². The predicted molar refractivity (Wildman–Crippen MR) is 94.2 cm³/mol. The second-order valence-electron chi connectivity index (χ2n) is 7.17. The SMILES string of the molecule is C=CC(=O)N1C[C@H](Nc2ncnc3[nH]cc([C@H]4CC4(F)F)c23)CC[C@@H]1C. The first-order valence-corrected chi connectivity index (χ1v) is 8.80. The van der Waals surface area contributed by atoms with Gasteiger partial charge in [0.15, 0.2) is 0 Å². The second-order valence-corrected chi connectivity index (χ2v) is 7.17. The summed E-state index contributed by atoms with van der Waals surface area (Å²) in [6.45, 7) is 6.10. The van der Waals surface area contributed by atoms with E-state index >= 15 is 0 Å². The van der Waals surface area contributed by atoms with Gasteiger partial charge < -0.3 is 15.2 Å². The maximum atomic E-state index is 13.6. The first-order chi connectivity index (χ1) is 12.4. The molecule has 0 bridgehead atoms. The van der Waals surface area contributed by atoms with E-state index in [1.54, 1.807) is 11.1 Å². The fraction of sp³-hybridized carbons (Fsp3) is 0.500. The molecule has 2 N–H and O–H groups in total. The van der Waals surface area contributed by atoms with Gasteiger partial charge >= 0.3 is 0 Å². The molecule has 8 heteroatoms. The second kappa shape index (κ2) is 6.03. The van der Waals surface area contributed by atoms with Crippen molar-refractivity contribution in [3.63, 3.8) is 0 Å². The topological polar surface area (TPSA) is 73.9 Å². The number of fused-ring (bicyclic) bond motifs is 1. The predicted octanol–water partition coefficient (Wildman–Crippen LogP) is 3.06. The largest absolute Gasteiger partial charge is 0.365 e. The Balaban J connectivity index is 1.60. The van der Waals surface area contributed by atoms with E-state index in [-0.39, 0.29) is 24.4 Å². The van der Waals surface area contributed by atoms with Gasteiger partial charge in [-0.1, -0.05) is 6.58 Å². The van der Waals surface area contributed by atoms with Crippen molar-refractivity contribution in [3.05, 3.63) is 30.7 Å². The zero-order chi connectivity index (χ0) is 18.5. The maximum Gasteiger partial charge on any atom is 0.256 e. The van der Waals surface area contributed by atoms with E-state index in [0.29, 0.717) is 29.0 Å². The highest BCUT2D eigenvalue weighted by atomic mass is 19.3. The van der Waals surface area contributed by atoms with Crippen LogP contribution in [0.3, 0.4) is 0 Å². The van der Waals surface area contributed by atoms with Gasteiger partial charge in [-0.15, -0.1) is 0 Å². The lowest BCUT2D eigenvalue weighted by atomic mass is 9.99. The summed E-state index contributed by atoms with van der Waals surface area (Å²) in [5.41, 5.74) is 1.10. The number of piperidine rings is 1. The number of carbonyl (C=O) groups is 1. The zero-order valence-electron chi connectivity index (χ0n) is 14.5. The lowest BCUT2D eigenvalue weighted by Crippen LogP contribution is -2.49. The van der Waals surface area contributed by atoms with Crippen molar-refractivity contribution in [3.8, 4) is 0 Å². The number of hydrogen-bond donors (Lipinski definition) is 2. The Morgan fingerprint density at radius 3 is 2.92 bits per heavy atom. The quantitative estimate of drug-likeness (QED) is 0.821. The molecule has 3 atom stereocenters. The first-order valence-electron chi connectivity index (χ1n) is 8.80. The molecule has 0 radical (unpaired) electrons. The number of alkyl halides is 2. The maximum absolute atomic E-state index is 13.6. The van der Waals surface area contributed by atoms with Crippen LogP contribution in [0.5, 0.6) is 0 Å². The van der Waals surface area contributed by atoms with E-state index in [0.717, 1.165) is 12.8 Å². The third kappa shape index (κ3) is 2.83. The van der Waals surface area contributed by atoms with Crippen molar-refractivity contribution in [2.24, 2.45) is 0 Å². The van der Waals surface area contributed by atoms with Crippen molar-refractivity contribution in [1.82, 2.24) is 19.9 Å². The fourth-order valence-corrected chi connectivity index (χ4v) is 3.76. The fourth-order valence-electron chi connectivity index (χ4n) is 3.76. The molecule has 0 spiro atoms. The Morgan fingerprint density at radius 2 is 2.23 bits per heavy atom. The molecule has 3 heterocycles. The van der Waals surface area contributed by atoms with E-state index < -0.39 is 11.8 Å². The van der Waals surface area contributed by atoms with Crippen LogP contribution in [-0.4, -0.2) is 50.3 Å². The van der Waals surface area contributed by atoms with Crippen molar-refractivity contribution >= 4 is 22.8 Å². The van der Waals surface area contributed by atoms with Gasteiger partial charge in [0.2, 0.25) is 5.91 Å². The van der Waals surface area contributed by atoms with Crippen LogP contribution in [0.1, 0.15) is 37.7 Å². The number of carbonyl (C=O) groups excluding carboxylic acids is 1. The monoisotopic (exact) mass is 361 g/mol. The molecule has 26 heavy (non-hydrogen) atoms. The molecule has 2 aliphatic rings. The number of likely N-dealkylation sites (tertiary alicyclic amines) is 1. The normalized spacial score (nSPS) is 27.3. The smallest absolute Gasteiger partial charge is 0.256 e. The molecule has 4 rings (SSSR count). The number of nitrogens with one attached hydrogen (secondary N) is 2. The Morgan fingerprint density at radius 1 is 1.46 bits per heavy atom. The molecule has 138 valence electrons. The van der Waals surface area contributed by atoms with Crippen LogP contribution in [0.15, 0.2) is 25.2 Å². The van der Waals surface area contributed by atoms with Crippen LogP contribution in [0, 0.1) is 0 Å². The van der Waals surface area contributed by atoms with Crippen LogP contribution in [0.4, 0.5) is 14.6 Å². The zero-order valence-corrected chi connectivity index (χ0v) is 14.5. The van der Waals surface area contributed by atoms with E-state index in [4.69, 9.17) is 0 Å². The van der Waals surface area contributed by atoms with Crippen LogP contribution in [0.2, 0.25) is 0 Å². The lowest BCUT2D eigenvalue weighted by Gasteiger charge is -2.38. The van der Waals surface area contributed by atoms with Crippen molar-refractivity contribution < 1.29 is 13.6 Å². The number of aromatic nitrogens is 3. The van der Waals surface area contributed by atoms with Gasteiger partial charge in [0.05, 0.1) is 11.3 Å². The number of hydrogen-bond acceptors (Lipinski definition) is 4. The van der Waals surface area contributed by atoms with Gasteiger partial charge in [0.1, 0.15) is 17.8 Å². The standard InChI is InChI=1S/C18H21F2N5O/c1-3-14(26)25-8-11(5-4-10(25)2)24-17-15-12(13-6-18(13,19)20)7-21-16(15)22-9-23-17/h3,7,9-11,13H,1,4-6,8H2,2H3,(H2,21,22,23,24)/t10-,11+,13+/m0/s1. The summed E-state index contributed by atoms with van der Waals surface area (Å²) in [6.07, 6.45) is 5.91. The van der Waals surface area contributed by atoms with E-state index in [2.05, 4.69) is 26.8 Å². The Labute approximate surface area is 149 Å². The van der Waals surface area contributed by atoms with Crippen molar-refractivity contribution in [1.29, 1.82) is 0 Å². The molecule has 0 unspecified atom stereocenters. The van der Waals surface area contributed by atoms with Gasteiger partial charge in [-0.25, -0.2) is 18.7 Å². The highest BCUT2D eigenvalue weighted by Crippen LogP contribution is 2.57. The Kier molecular flexibility index (Phi) is 3.93. The molecule has 1 amide bonds. The summed E-state index contributed by atoms with van der Waals surface area (Å²) >= 11 is 0. The number of rotatable bonds is 4. The van der Waals surface area contributed by atoms with Gasteiger partial charge in [0, 0.05) is 31.2 Å². The molecule has 0 aromatic carbocycles. The average Bonchev–Trinajstić information content (AvgIpc) is 3.05. The number of H-pyrrole nitrogens is 1. The Bertz CT molecular complexity index is 864. The average molecular weight is 361 g/mol. The van der Waals surface area contributed by atoms with Crippen molar-refractivity contribution in [2.45, 2.75) is 50.1 Å². The highest BCUT2D eigenvalue weighted by molar-refractivity contribution is 5.91. The minimum atomic E-state index is -2.66. The van der Waals surface area contributed by atoms with Crippen LogP contribution >= 0.6 is 0 Å². The Hall–Kier alpha value is -2.51. The molecule has 1 aliphatic carbocycles. The lowest BCUT2D eigenvalue weighted by molar-refractivity contribution is -0.129. The van der Waals surface area contributed by atoms with Gasteiger partial charge in [0.25, 0.3) is 5.92 Å². The van der Waals surface area contributed by atoms with Crippen molar-refractivity contribution in [2.75, 3.05) is 11.9 Å². The summed E-state index contributed by atoms with van der Waals surface area (Å²) in [5.74, 6) is -3.00. The minimum absolute atomic E-state index is 0.00402. The summed E-state index contributed by atoms with van der Waals surface area (Å²) in [6, 6.07) is 0.146. The van der Waals surface area contributed by atoms with Crippen LogP contribution in [0.25, 0.3) is 11.0 Å². The molecule has 6 nitrogen and oxygen atoms in total. The first kappa shape index (κ1) is 16.9. The molecule has 1 aliphatic heterocycles. The summed E-state index contributed by atoms with van der Waals surface area (Å²) in [4.78, 5) is 25.2. The van der Waals surface area contributed by atoms with E-state index in [1.807, 2.05) is 6.92 Å². The minimum Gasteiger partial charge on any atom is -0.365 e. The van der Waals surface area contributed by atoms with Gasteiger partial charge in [-0.05, 0) is 31.4 Å². The van der Waals surface area contributed by atoms with E-state index in [9.17, 15) is 13.6 Å². The number of nitrogens with zero attached hydrogens (tertiary/aromatic N) is 3. The highest BCUT2D eigenvalue weighted by Gasteiger charge is 2.58. The third-order valence-corrected chi connectivity index (χ3v) is 5.38. The summed E-state index contributed by atoms with van der Waals surface area (Å²) in [5, 5.41) is 3.97. The van der Waals surface area contributed by atoms with Crippen LogP contribution in [-0.2, 0) is 4.79 Å². The number of amides is 1. The molecular weight excluding hydrogens is 340 g/mol. The molecule has 1 saturated carbocycles. The molecule has 1 saturated heterocycles. The molecule has 2 aromatic heterocycles. The van der Waals surface area contributed by atoms with Gasteiger partial charge in [-0.3, -0.25) is 4.79 Å². The number of halogens is 2. The number of aromatic amines is 1.